The van der Waals surface area contributed by atoms with E-state index in [1.165, 1.54) is 0 Å². The molecule has 8 saturated carbocycles. The van der Waals surface area contributed by atoms with Gasteiger partial charge in [0.1, 0.15) is 23.1 Å². The first-order valence-electron chi connectivity index (χ1n) is 8.21. The van der Waals surface area contributed by atoms with E-state index in [1.54, 1.807) is 0 Å². The molecular weight excluding hydrogens is 268 g/mol. The first kappa shape index (κ1) is 10.4. The lowest BCUT2D eigenvalue weighted by molar-refractivity contribution is -0.338. The Morgan fingerprint density at radius 2 is 0.905 bits per heavy atom. The summed E-state index contributed by atoms with van der Waals surface area (Å²) >= 11 is 0. The molecule has 8 rings (SSSR count). The molecule has 8 unspecified atom stereocenters. The third-order valence-electron chi connectivity index (χ3n) is 9.29. The van der Waals surface area contributed by atoms with Crippen LogP contribution in [0.1, 0.15) is 32.1 Å². The van der Waals surface area contributed by atoms with Crippen LogP contribution in [0.3, 0.4) is 0 Å². The Morgan fingerprint density at radius 3 is 1.24 bits per heavy atom. The Balaban J connectivity index is 1.71. The van der Waals surface area contributed by atoms with Crippen LogP contribution in [-0.4, -0.2) is 23.1 Å². The summed E-state index contributed by atoms with van der Waals surface area (Å²) < 4.78 is 0. The van der Waals surface area contributed by atoms with Gasteiger partial charge in [-0.15, -0.1) is 0 Å². The first-order chi connectivity index (χ1) is 10.0. The number of rotatable bonds is 0. The van der Waals surface area contributed by atoms with Gasteiger partial charge in [0.2, 0.25) is 0 Å². The van der Waals surface area contributed by atoms with Crippen molar-refractivity contribution < 1.29 is 19.2 Å². The number of ketones is 4. The molecule has 0 aromatic heterocycles. The van der Waals surface area contributed by atoms with Gasteiger partial charge in [0.05, 0.1) is 21.7 Å². The van der Waals surface area contributed by atoms with Crippen LogP contribution < -0.4 is 0 Å². The van der Waals surface area contributed by atoms with Gasteiger partial charge in [-0.25, -0.2) is 0 Å². The van der Waals surface area contributed by atoms with Crippen molar-refractivity contribution in [3.05, 3.63) is 0 Å². The zero-order chi connectivity index (χ0) is 14.2. The highest BCUT2D eigenvalue weighted by molar-refractivity contribution is 6.30. The van der Waals surface area contributed by atoms with Crippen molar-refractivity contribution >= 4 is 23.1 Å². The van der Waals surface area contributed by atoms with Gasteiger partial charge in [-0.05, 0) is 25.7 Å². The molecule has 0 radical (unpaired) electrons. The lowest BCUT2D eigenvalue weighted by Gasteiger charge is -2.90. The average molecular weight is 282 g/mol. The molecular formula is C17H14O4. The molecule has 0 aromatic carbocycles. The quantitative estimate of drug-likeness (QED) is 0.656. The summed E-state index contributed by atoms with van der Waals surface area (Å²) in [5.41, 5.74) is -2.94. The summed E-state index contributed by atoms with van der Waals surface area (Å²) in [6.45, 7) is 0. The molecule has 0 aliphatic heterocycles. The van der Waals surface area contributed by atoms with Crippen molar-refractivity contribution in [2.24, 2.45) is 45.3 Å². The van der Waals surface area contributed by atoms with Crippen LogP contribution in [0, 0.1) is 45.3 Å². The molecule has 8 atom stereocenters. The lowest BCUT2D eigenvalue weighted by atomic mass is 9.07. The summed E-state index contributed by atoms with van der Waals surface area (Å²) in [5.74, 6) is -0.818. The number of carbonyl (C=O) groups is 4. The van der Waals surface area contributed by atoms with Crippen molar-refractivity contribution in [3.8, 4) is 0 Å². The van der Waals surface area contributed by atoms with Crippen molar-refractivity contribution in [2.75, 3.05) is 0 Å². The maximum absolute atomic E-state index is 13.4. The fourth-order valence-electron chi connectivity index (χ4n) is 9.07. The normalized spacial score (nSPS) is 70.1. The van der Waals surface area contributed by atoms with Crippen LogP contribution in [-0.2, 0) is 19.2 Å². The molecule has 0 aromatic rings. The third-order valence-corrected chi connectivity index (χ3v) is 9.29. The van der Waals surface area contributed by atoms with E-state index in [-0.39, 0.29) is 23.1 Å². The van der Waals surface area contributed by atoms with Crippen molar-refractivity contribution in [1.29, 1.82) is 0 Å². The van der Waals surface area contributed by atoms with Crippen LogP contribution in [0.5, 0.6) is 0 Å². The van der Waals surface area contributed by atoms with Crippen LogP contribution in [0.4, 0.5) is 0 Å². The molecule has 4 spiro atoms. The topological polar surface area (TPSA) is 68.3 Å². The molecule has 4 nitrogen and oxygen atoms in total. The minimum atomic E-state index is -0.743. The van der Waals surface area contributed by atoms with Gasteiger partial charge in [0.25, 0.3) is 0 Å². The van der Waals surface area contributed by atoms with E-state index in [0.717, 1.165) is 6.42 Å². The molecule has 8 aliphatic carbocycles. The molecule has 0 N–H and O–H groups in total. The molecule has 4 heteroatoms. The molecule has 8 fully saturated rings. The van der Waals surface area contributed by atoms with Crippen molar-refractivity contribution in [2.45, 2.75) is 32.1 Å². The van der Waals surface area contributed by atoms with E-state index < -0.39 is 45.3 Å². The minimum absolute atomic E-state index is 0.185. The third kappa shape index (κ3) is 0.483. The summed E-state index contributed by atoms with van der Waals surface area (Å²) in [4.78, 5) is 52.7. The van der Waals surface area contributed by atoms with Crippen LogP contribution in [0.2, 0.25) is 0 Å². The summed E-state index contributed by atoms with van der Waals surface area (Å²) in [6.07, 6.45) is 3.52. The fraction of sp³-hybridized carbons (Fsp3) is 0.765. The van der Waals surface area contributed by atoms with E-state index in [0.29, 0.717) is 25.7 Å². The van der Waals surface area contributed by atoms with Gasteiger partial charge in [0.15, 0.2) is 0 Å². The summed E-state index contributed by atoms with van der Waals surface area (Å²) in [5, 5.41) is 0. The van der Waals surface area contributed by atoms with E-state index >= 15 is 0 Å². The molecule has 8 bridgehead atoms. The Bertz CT molecular complexity index is 718. The number of hydrogen-bond donors (Lipinski definition) is 0. The van der Waals surface area contributed by atoms with Crippen LogP contribution in [0.15, 0.2) is 0 Å². The molecule has 0 saturated heterocycles. The second-order valence-corrected chi connectivity index (χ2v) is 8.61. The SMILES string of the molecule is O=C1C2C3C(=O)C4C1C15CCC41C(=O)C31CCCC21C5=O. The molecule has 0 heterocycles. The summed E-state index contributed by atoms with van der Waals surface area (Å²) in [7, 11) is 0. The minimum Gasteiger partial charge on any atom is -0.299 e. The second-order valence-electron chi connectivity index (χ2n) is 8.61. The van der Waals surface area contributed by atoms with Crippen molar-refractivity contribution in [3.63, 3.8) is 0 Å². The van der Waals surface area contributed by atoms with E-state index in [1.807, 2.05) is 0 Å². The van der Waals surface area contributed by atoms with Crippen LogP contribution in [0.25, 0.3) is 0 Å². The molecule has 0 amide bonds. The Labute approximate surface area is 120 Å². The van der Waals surface area contributed by atoms with Gasteiger partial charge in [0, 0.05) is 23.7 Å². The predicted molar refractivity (Wildman–Crippen MR) is 66.8 cm³/mol. The zero-order valence-corrected chi connectivity index (χ0v) is 11.5. The Morgan fingerprint density at radius 1 is 0.571 bits per heavy atom. The maximum atomic E-state index is 13.4. The number of Topliss-reactive ketones (excluding diaryl/α,β-unsaturated/α-hetero) is 4. The lowest BCUT2D eigenvalue weighted by Crippen LogP contribution is -3.00. The number of carbonyl (C=O) groups excluding carboxylic acids is 4. The standard InChI is InChI=1S/C17H14O4/c18-10-6-7-11(19)9-8(10)16-4-5-17(9,16)13(21)15(7)3-1-2-14(6,15)12(16)20/h6-9H,1-5H2. The van der Waals surface area contributed by atoms with E-state index in [9.17, 15) is 19.2 Å². The maximum Gasteiger partial charge on any atom is 0.148 e. The second kappa shape index (κ2) is 2.19. The largest absolute Gasteiger partial charge is 0.299 e. The van der Waals surface area contributed by atoms with Crippen molar-refractivity contribution in [1.82, 2.24) is 0 Å². The smallest absolute Gasteiger partial charge is 0.148 e. The van der Waals surface area contributed by atoms with E-state index in [4.69, 9.17) is 0 Å². The first-order valence-corrected chi connectivity index (χ1v) is 8.21. The van der Waals surface area contributed by atoms with Gasteiger partial charge < -0.3 is 0 Å². The van der Waals surface area contributed by atoms with Crippen LogP contribution >= 0.6 is 0 Å². The number of hydrogen-bond acceptors (Lipinski definition) is 4. The van der Waals surface area contributed by atoms with E-state index in [2.05, 4.69) is 0 Å². The monoisotopic (exact) mass is 282 g/mol. The van der Waals surface area contributed by atoms with Gasteiger partial charge in [-0.1, -0.05) is 6.42 Å². The predicted octanol–water partition coefficient (Wildman–Crippen LogP) is 0.719. The Hall–Kier alpha value is -1.32. The molecule has 8 aliphatic rings. The average Bonchev–Trinajstić information content (AvgIpc) is 2.70. The van der Waals surface area contributed by atoms with Gasteiger partial charge in [-0.2, -0.15) is 0 Å². The highest BCUT2D eigenvalue weighted by atomic mass is 16.2. The highest BCUT2D eigenvalue weighted by Gasteiger charge is 3.04. The Kier molecular flexibility index (Phi) is 1.08. The molecule has 21 heavy (non-hydrogen) atoms. The highest BCUT2D eigenvalue weighted by Crippen LogP contribution is 2.96. The molecule has 106 valence electrons. The van der Waals surface area contributed by atoms with Gasteiger partial charge >= 0.3 is 0 Å². The zero-order valence-electron chi connectivity index (χ0n) is 11.5. The van der Waals surface area contributed by atoms with Gasteiger partial charge in [-0.3, -0.25) is 19.2 Å². The summed E-state index contributed by atoms with van der Waals surface area (Å²) in [6, 6.07) is 0. The fourth-order valence-corrected chi connectivity index (χ4v) is 9.07.